The Kier molecular flexibility index (Phi) is 3.68. The molecule has 0 saturated carbocycles. The molecule has 3 aromatic heterocycles. The predicted octanol–water partition coefficient (Wildman–Crippen LogP) is 3.68. The number of hydrogen-bond donors (Lipinski definition) is 1. The zero-order valence-electron chi connectivity index (χ0n) is 12.4. The van der Waals surface area contributed by atoms with Crippen LogP contribution in [0.2, 0.25) is 0 Å². The average molecular weight is 362 g/mol. The van der Waals surface area contributed by atoms with Gasteiger partial charge in [0, 0.05) is 11.1 Å². The van der Waals surface area contributed by atoms with Gasteiger partial charge in [0.25, 0.3) is 0 Å². The van der Waals surface area contributed by atoms with Crippen LogP contribution in [0.15, 0.2) is 58.6 Å². The number of alkyl halides is 3. The van der Waals surface area contributed by atoms with Crippen LogP contribution in [0.25, 0.3) is 17.2 Å². The molecular formula is C15H9F3N6S. The molecule has 1 aromatic carbocycles. The van der Waals surface area contributed by atoms with Crippen LogP contribution in [0.3, 0.4) is 0 Å². The summed E-state index contributed by atoms with van der Waals surface area (Å²) >= 11 is 1.13. The highest BCUT2D eigenvalue weighted by Gasteiger charge is 2.30. The molecule has 6 nitrogen and oxygen atoms in total. The smallest absolute Gasteiger partial charge is 0.275 e. The Balaban J connectivity index is 1.70. The first-order chi connectivity index (χ1) is 12.0. The molecule has 0 atom stereocenters. The fraction of sp³-hybridized carbons (Fsp3) is 0.0667. The molecule has 0 unspecified atom stereocenters. The standard InChI is InChI=1S/C15H9F3N6S/c16-15(17,18)9-2-1-3-10(8-9)25-13-5-4-12-21-22-14(24(12)23-13)11-6-7-19-20-11/h1-8H,(H,19,20). The highest BCUT2D eigenvalue weighted by atomic mass is 32.2. The second-order valence-corrected chi connectivity index (χ2v) is 6.16. The van der Waals surface area contributed by atoms with Crippen molar-refractivity contribution in [2.75, 3.05) is 0 Å². The van der Waals surface area contributed by atoms with E-state index in [1.807, 2.05) is 0 Å². The number of nitrogens with zero attached hydrogens (tertiary/aromatic N) is 5. The van der Waals surface area contributed by atoms with Crippen molar-refractivity contribution in [1.82, 2.24) is 30.0 Å². The van der Waals surface area contributed by atoms with E-state index in [1.54, 1.807) is 30.5 Å². The second kappa shape index (κ2) is 5.88. The lowest BCUT2D eigenvalue weighted by Gasteiger charge is -2.08. The van der Waals surface area contributed by atoms with Crippen LogP contribution in [0.4, 0.5) is 13.2 Å². The van der Waals surface area contributed by atoms with Crippen molar-refractivity contribution in [2.24, 2.45) is 0 Å². The summed E-state index contributed by atoms with van der Waals surface area (Å²) in [5.74, 6) is 0.471. The number of benzene rings is 1. The Bertz CT molecular complexity index is 1030. The summed E-state index contributed by atoms with van der Waals surface area (Å²) in [5.41, 5.74) is 0.472. The molecule has 25 heavy (non-hydrogen) atoms. The Labute approximate surface area is 143 Å². The van der Waals surface area contributed by atoms with Gasteiger partial charge in [0.1, 0.15) is 10.7 Å². The van der Waals surface area contributed by atoms with E-state index in [4.69, 9.17) is 0 Å². The highest BCUT2D eigenvalue weighted by molar-refractivity contribution is 7.99. The minimum absolute atomic E-state index is 0.442. The topological polar surface area (TPSA) is 71.8 Å². The Morgan fingerprint density at radius 2 is 1.92 bits per heavy atom. The molecule has 4 rings (SSSR count). The van der Waals surface area contributed by atoms with Gasteiger partial charge in [-0.25, -0.2) is 0 Å². The summed E-state index contributed by atoms with van der Waals surface area (Å²) in [7, 11) is 0. The van der Waals surface area contributed by atoms with E-state index in [9.17, 15) is 13.2 Å². The summed E-state index contributed by atoms with van der Waals surface area (Å²) in [5, 5.41) is 19.6. The van der Waals surface area contributed by atoms with Gasteiger partial charge in [-0.2, -0.15) is 27.9 Å². The first-order valence-electron chi connectivity index (χ1n) is 7.08. The van der Waals surface area contributed by atoms with Gasteiger partial charge in [-0.05, 0) is 36.4 Å². The third-order valence-electron chi connectivity index (χ3n) is 3.36. The van der Waals surface area contributed by atoms with E-state index in [2.05, 4.69) is 25.5 Å². The van der Waals surface area contributed by atoms with Crippen LogP contribution < -0.4 is 0 Å². The van der Waals surface area contributed by atoms with Crippen molar-refractivity contribution in [3.05, 3.63) is 54.2 Å². The number of hydrogen-bond acceptors (Lipinski definition) is 5. The van der Waals surface area contributed by atoms with E-state index in [-0.39, 0.29) is 0 Å². The lowest BCUT2D eigenvalue weighted by molar-refractivity contribution is -0.137. The van der Waals surface area contributed by atoms with Crippen LogP contribution in [0.5, 0.6) is 0 Å². The molecule has 4 aromatic rings. The summed E-state index contributed by atoms with van der Waals surface area (Å²) in [6.45, 7) is 0. The molecule has 0 saturated heterocycles. The third kappa shape index (κ3) is 3.07. The van der Waals surface area contributed by atoms with Gasteiger partial charge in [0.2, 0.25) is 5.82 Å². The number of aromatic amines is 1. The van der Waals surface area contributed by atoms with E-state index < -0.39 is 11.7 Å². The maximum absolute atomic E-state index is 12.8. The highest BCUT2D eigenvalue weighted by Crippen LogP contribution is 2.33. The van der Waals surface area contributed by atoms with Crippen molar-refractivity contribution in [2.45, 2.75) is 16.1 Å². The molecule has 1 N–H and O–H groups in total. The van der Waals surface area contributed by atoms with E-state index in [1.165, 1.54) is 10.6 Å². The van der Waals surface area contributed by atoms with Crippen LogP contribution in [-0.2, 0) is 6.18 Å². The van der Waals surface area contributed by atoms with Gasteiger partial charge in [0.05, 0.1) is 5.56 Å². The van der Waals surface area contributed by atoms with E-state index in [0.717, 1.165) is 23.9 Å². The van der Waals surface area contributed by atoms with Crippen LogP contribution >= 0.6 is 11.8 Å². The minimum Gasteiger partial charge on any atom is -0.275 e. The molecular weight excluding hydrogens is 353 g/mol. The van der Waals surface area contributed by atoms with Crippen molar-refractivity contribution in [3.63, 3.8) is 0 Å². The third-order valence-corrected chi connectivity index (χ3v) is 4.28. The molecule has 126 valence electrons. The fourth-order valence-corrected chi connectivity index (χ4v) is 3.06. The van der Waals surface area contributed by atoms with Crippen LogP contribution in [0, 0.1) is 0 Å². The second-order valence-electron chi connectivity index (χ2n) is 5.06. The quantitative estimate of drug-likeness (QED) is 0.602. The molecule has 10 heteroatoms. The van der Waals surface area contributed by atoms with Crippen molar-refractivity contribution in [1.29, 1.82) is 0 Å². The Hall–Kier alpha value is -2.88. The van der Waals surface area contributed by atoms with Gasteiger partial charge < -0.3 is 0 Å². The SMILES string of the molecule is FC(F)(F)c1cccc(Sc2ccc3nnc(-c4ccn[nH]4)n3n2)c1. The normalized spacial score (nSPS) is 12.0. The summed E-state index contributed by atoms with van der Waals surface area (Å²) in [4.78, 5) is 0.442. The number of rotatable bonds is 3. The molecule has 0 aliphatic carbocycles. The molecule has 0 radical (unpaired) electrons. The lowest BCUT2D eigenvalue weighted by atomic mass is 10.2. The first kappa shape index (κ1) is 15.6. The number of H-pyrrole nitrogens is 1. The van der Waals surface area contributed by atoms with Crippen molar-refractivity contribution in [3.8, 4) is 11.5 Å². The van der Waals surface area contributed by atoms with Crippen molar-refractivity contribution >= 4 is 17.4 Å². The molecule has 0 amide bonds. The monoisotopic (exact) mass is 362 g/mol. The van der Waals surface area contributed by atoms with Crippen molar-refractivity contribution < 1.29 is 13.2 Å². The van der Waals surface area contributed by atoms with Gasteiger partial charge in [0.15, 0.2) is 5.65 Å². The molecule has 0 aliphatic heterocycles. The van der Waals surface area contributed by atoms with Gasteiger partial charge in [-0.15, -0.1) is 10.2 Å². The van der Waals surface area contributed by atoms with Crippen LogP contribution in [0.1, 0.15) is 5.56 Å². The van der Waals surface area contributed by atoms with Gasteiger partial charge in [-0.1, -0.05) is 17.8 Å². The largest absolute Gasteiger partial charge is 0.416 e. The average Bonchev–Trinajstić information content (AvgIpc) is 3.23. The minimum atomic E-state index is -4.38. The maximum Gasteiger partial charge on any atom is 0.416 e. The van der Waals surface area contributed by atoms with Crippen LogP contribution in [-0.4, -0.2) is 30.0 Å². The lowest BCUT2D eigenvalue weighted by Crippen LogP contribution is -2.04. The number of aromatic nitrogens is 6. The molecule has 0 bridgehead atoms. The summed E-state index contributed by atoms with van der Waals surface area (Å²) in [6, 6.07) is 10.2. The van der Waals surface area contributed by atoms with E-state index >= 15 is 0 Å². The summed E-state index contributed by atoms with van der Waals surface area (Å²) in [6.07, 6.45) is -2.80. The van der Waals surface area contributed by atoms with Gasteiger partial charge in [-0.3, -0.25) is 5.10 Å². The molecule has 0 fully saturated rings. The number of fused-ring (bicyclic) bond motifs is 1. The fourth-order valence-electron chi connectivity index (χ4n) is 2.23. The first-order valence-corrected chi connectivity index (χ1v) is 7.90. The maximum atomic E-state index is 12.8. The zero-order chi connectivity index (χ0) is 17.4. The van der Waals surface area contributed by atoms with E-state index in [0.29, 0.717) is 27.1 Å². The summed E-state index contributed by atoms with van der Waals surface area (Å²) < 4.78 is 40.0. The van der Waals surface area contributed by atoms with Gasteiger partial charge >= 0.3 is 6.18 Å². The Morgan fingerprint density at radius 1 is 1.04 bits per heavy atom. The molecule has 0 spiro atoms. The predicted molar refractivity (Wildman–Crippen MR) is 83.9 cm³/mol. The Morgan fingerprint density at radius 3 is 2.68 bits per heavy atom. The molecule has 0 aliphatic rings. The zero-order valence-corrected chi connectivity index (χ0v) is 13.2. The number of halogens is 3. The molecule has 3 heterocycles. The number of nitrogens with one attached hydrogen (secondary N) is 1.